The highest BCUT2D eigenvalue weighted by atomic mass is 16.7. The van der Waals surface area contributed by atoms with Crippen molar-refractivity contribution in [2.45, 2.75) is 44.4 Å². The minimum atomic E-state index is -0.565. The fraction of sp³-hybridized carbons (Fsp3) is 0.769. The highest BCUT2D eigenvalue weighted by Gasteiger charge is 2.50. The summed E-state index contributed by atoms with van der Waals surface area (Å²) in [6.45, 7) is 5.65. The van der Waals surface area contributed by atoms with Crippen LogP contribution >= 0.6 is 0 Å². The van der Waals surface area contributed by atoms with E-state index in [1.54, 1.807) is 10.9 Å². The van der Waals surface area contributed by atoms with Gasteiger partial charge in [0.05, 0.1) is 18.8 Å². The Morgan fingerprint density at radius 1 is 1.53 bits per heavy atom. The molecular formula is C13H21N3O3. The van der Waals surface area contributed by atoms with Gasteiger partial charge >= 0.3 is 0 Å². The van der Waals surface area contributed by atoms with E-state index in [1.807, 2.05) is 12.3 Å². The Bertz CT molecular complexity index is 409. The average molecular weight is 267 g/mol. The molecule has 0 radical (unpaired) electrons. The number of aromatic nitrogens is 2. The van der Waals surface area contributed by atoms with Crippen LogP contribution in [0.1, 0.15) is 19.9 Å². The van der Waals surface area contributed by atoms with Crippen molar-refractivity contribution in [2.24, 2.45) is 5.92 Å². The smallest absolute Gasteiger partial charge is 0.183 e. The molecule has 2 aliphatic heterocycles. The van der Waals surface area contributed by atoms with Crippen molar-refractivity contribution in [2.75, 3.05) is 13.2 Å². The molecule has 3 rings (SSSR count). The molecule has 0 amide bonds. The van der Waals surface area contributed by atoms with Gasteiger partial charge in [0, 0.05) is 12.4 Å². The summed E-state index contributed by atoms with van der Waals surface area (Å²) in [4.78, 5) is 0. The second-order valence-corrected chi connectivity index (χ2v) is 5.67. The Labute approximate surface area is 112 Å². The minimum Gasteiger partial charge on any atom is -0.389 e. The lowest BCUT2D eigenvalue weighted by Crippen LogP contribution is -2.58. The SMILES string of the molecule is CC(C)CN[C@H]1[C@H](O)[C@@H](n2cccn2)[C@@H]2OC[C@H]1O2. The molecule has 2 bridgehead atoms. The van der Waals surface area contributed by atoms with Crippen molar-refractivity contribution in [3.8, 4) is 0 Å². The van der Waals surface area contributed by atoms with Gasteiger partial charge in [0.25, 0.3) is 0 Å². The van der Waals surface area contributed by atoms with Crippen molar-refractivity contribution in [1.29, 1.82) is 0 Å². The molecule has 0 spiro atoms. The third-order valence-electron chi connectivity index (χ3n) is 3.72. The van der Waals surface area contributed by atoms with Crippen LogP contribution in [-0.2, 0) is 9.47 Å². The Balaban J connectivity index is 1.78. The van der Waals surface area contributed by atoms with Gasteiger partial charge < -0.3 is 19.9 Å². The van der Waals surface area contributed by atoms with Gasteiger partial charge in [-0.15, -0.1) is 0 Å². The van der Waals surface area contributed by atoms with Gasteiger partial charge in [-0.1, -0.05) is 13.8 Å². The van der Waals surface area contributed by atoms with E-state index in [1.165, 1.54) is 0 Å². The molecule has 2 N–H and O–H groups in total. The first kappa shape index (κ1) is 13.1. The van der Waals surface area contributed by atoms with E-state index in [0.29, 0.717) is 12.5 Å². The number of aliphatic hydroxyl groups is 1. The number of aliphatic hydroxyl groups excluding tert-OH is 1. The van der Waals surface area contributed by atoms with Gasteiger partial charge in [0.15, 0.2) is 6.29 Å². The lowest BCUT2D eigenvalue weighted by atomic mass is 9.95. The number of hydrogen-bond donors (Lipinski definition) is 2. The van der Waals surface area contributed by atoms with Gasteiger partial charge in [0.2, 0.25) is 0 Å². The Hall–Kier alpha value is -0.950. The predicted octanol–water partition coefficient (Wildman–Crippen LogP) is 0.154. The normalized spacial score (nSPS) is 38.0. The lowest BCUT2D eigenvalue weighted by Gasteiger charge is -2.39. The molecule has 0 aliphatic carbocycles. The number of rotatable bonds is 4. The third kappa shape index (κ3) is 2.41. The van der Waals surface area contributed by atoms with E-state index in [-0.39, 0.29) is 18.2 Å². The minimum absolute atomic E-state index is 0.0782. The maximum atomic E-state index is 10.6. The second-order valence-electron chi connectivity index (χ2n) is 5.67. The van der Waals surface area contributed by atoms with Crippen molar-refractivity contribution < 1.29 is 14.6 Å². The summed E-state index contributed by atoms with van der Waals surface area (Å²) in [6, 6.07) is 1.43. The lowest BCUT2D eigenvalue weighted by molar-refractivity contribution is -0.168. The van der Waals surface area contributed by atoms with E-state index in [9.17, 15) is 5.11 Å². The van der Waals surface area contributed by atoms with Crippen LogP contribution in [0.25, 0.3) is 0 Å². The molecule has 3 heterocycles. The highest BCUT2D eigenvalue weighted by Crippen LogP contribution is 2.35. The van der Waals surface area contributed by atoms with Gasteiger partial charge in [-0.05, 0) is 18.5 Å². The van der Waals surface area contributed by atoms with E-state index >= 15 is 0 Å². The largest absolute Gasteiger partial charge is 0.389 e. The molecule has 2 fully saturated rings. The summed E-state index contributed by atoms with van der Waals surface area (Å²) in [5, 5.41) is 18.2. The molecule has 1 aromatic heterocycles. The summed E-state index contributed by atoms with van der Waals surface area (Å²) < 4.78 is 13.2. The zero-order chi connectivity index (χ0) is 13.4. The molecule has 2 saturated heterocycles. The first-order chi connectivity index (χ1) is 9.16. The molecule has 0 saturated carbocycles. The second kappa shape index (κ2) is 5.20. The molecule has 19 heavy (non-hydrogen) atoms. The predicted molar refractivity (Wildman–Crippen MR) is 68.5 cm³/mol. The number of fused-ring (bicyclic) bond motifs is 2. The van der Waals surface area contributed by atoms with E-state index in [0.717, 1.165) is 6.54 Å². The zero-order valence-corrected chi connectivity index (χ0v) is 11.3. The summed E-state index contributed by atoms with van der Waals surface area (Å²) in [5.74, 6) is 0.524. The average Bonchev–Trinajstić information content (AvgIpc) is 3.00. The van der Waals surface area contributed by atoms with E-state index in [4.69, 9.17) is 9.47 Å². The molecule has 1 aromatic rings. The van der Waals surface area contributed by atoms with Crippen LogP contribution < -0.4 is 5.32 Å². The van der Waals surface area contributed by atoms with Crippen LogP contribution in [0.4, 0.5) is 0 Å². The molecule has 5 atom stereocenters. The van der Waals surface area contributed by atoms with Crippen LogP contribution in [0.5, 0.6) is 0 Å². The van der Waals surface area contributed by atoms with Crippen molar-refractivity contribution in [1.82, 2.24) is 15.1 Å². The first-order valence-electron chi connectivity index (χ1n) is 6.84. The molecule has 106 valence electrons. The quantitative estimate of drug-likeness (QED) is 0.813. The van der Waals surface area contributed by atoms with Crippen molar-refractivity contribution in [3.05, 3.63) is 18.5 Å². The van der Waals surface area contributed by atoms with Gasteiger partial charge in [-0.3, -0.25) is 4.68 Å². The molecular weight excluding hydrogens is 246 g/mol. The van der Waals surface area contributed by atoms with Crippen LogP contribution in [-0.4, -0.2) is 52.6 Å². The maximum absolute atomic E-state index is 10.6. The van der Waals surface area contributed by atoms with E-state index < -0.39 is 12.4 Å². The van der Waals surface area contributed by atoms with Crippen molar-refractivity contribution >= 4 is 0 Å². The zero-order valence-electron chi connectivity index (χ0n) is 11.3. The van der Waals surface area contributed by atoms with Crippen molar-refractivity contribution in [3.63, 3.8) is 0 Å². The van der Waals surface area contributed by atoms with Gasteiger partial charge in [-0.25, -0.2) is 0 Å². The van der Waals surface area contributed by atoms with E-state index in [2.05, 4.69) is 24.3 Å². The Morgan fingerprint density at radius 3 is 3.05 bits per heavy atom. The van der Waals surface area contributed by atoms with Gasteiger partial charge in [0.1, 0.15) is 12.1 Å². The Morgan fingerprint density at radius 2 is 2.37 bits per heavy atom. The standard InChI is InChI=1S/C13H21N3O3/c1-8(2)6-14-10-9-7-18-13(19-9)11(12(10)17)16-5-3-4-15-16/h3-5,8-14,17H,6-7H2,1-2H3/t9-,10-,11-,12+,13-/m1/s1. The Kier molecular flexibility index (Phi) is 3.58. The summed E-state index contributed by atoms with van der Waals surface area (Å²) in [6.07, 6.45) is 2.48. The fourth-order valence-electron chi connectivity index (χ4n) is 2.76. The molecule has 6 heteroatoms. The molecule has 0 aromatic carbocycles. The summed E-state index contributed by atoms with van der Waals surface area (Å²) >= 11 is 0. The number of hydrogen-bond acceptors (Lipinski definition) is 5. The summed E-state index contributed by atoms with van der Waals surface area (Å²) in [7, 11) is 0. The van der Waals surface area contributed by atoms with Crippen LogP contribution in [0.2, 0.25) is 0 Å². The molecule has 0 unspecified atom stereocenters. The summed E-state index contributed by atoms with van der Waals surface area (Å²) in [5.41, 5.74) is 0. The van der Waals surface area contributed by atoms with Crippen LogP contribution in [0, 0.1) is 5.92 Å². The topological polar surface area (TPSA) is 68.5 Å². The van der Waals surface area contributed by atoms with Crippen LogP contribution in [0.3, 0.4) is 0 Å². The molecule has 2 aliphatic rings. The van der Waals surface area contributed by atoms with Crippen LogP contribution in [0.15, 0.2) is 18.5 Å². The highest BCUT2D eigenvalue weighted by molar-refractivity contribution is 5.00. The first-order valence-corrected chi connectivity index (χ1v) is 6.84. The maximum Gasteiger partial charge on any atom is 0.183 e. The third-order valence-corrected chi connectivity index (χ3v) is 3.72. The number of ether oxygens (including phenoxy) is 2. The number of nitrogens with zero attached hydrogens (tertiary/aromatic N) is 2. The molecule has 6 nitrogen and oxygen atoms in total. The number of nitrogens with one attached hydrogen (secondary N) is 1. The monoisotopic (exact) mass is 267 g/mol. The fourth-order valence-corrected chi connectivity index (χ4v) is 2.76. The van der Waals surface area contributed by atoms with Gasteiger partial charge in [-0.2, -0.15) is 5.10 Å².